The van der Waals surface area contributed by atoms with Crippen LogP contribution in [-0.4, -0.2) is 20.7 Å². The number of rotatable bonds is 5. The first kappa shape index (κ1) is 10.3. The molecular formula is C10H13N5O. The van der Waals surface area contributed by atoms with Crippen LogP contribution in [0.25, 0.3) is 0 Å². The van der Waals surface area contributed by atoms with E-state index in [1.54, 1.807) is 12.4 Å². The number of amides is 1. The predicted octanol–water partition coefficient (Wildman–Crippen LogP) is 0.309. The number of anilines is 1. The molecule has 1 amide bonds. The van der Waals surface area contributed by atoms with Crippen LogP contribution in [0.3, 0.4) is 0 Å². The molecule has 2 heterocycles. The molecular weight excluding hydrogens is 206 g/mol. The molecule has 0 bridgehead atoms. The molecule has 6 nitrogen and oxygen atoms in total. The number of H-pyrrole nitrogens is 1. The lowest BCUT2D eigenvalue weighted by atomic mass is 10.4. The summed E-state index contributed by atoms with van der Waals surface area (Å²) in [5, 5.41) is 7.17. The van der Waals surface area contributed by atoms with Gasteiger partial charge in [-0.05, 0) is 12.1 Å². The van der Waals surface area contributed by atoms with Gasteiger partial charge in [-0.25, -0.2) is 0 Å². The minimum Gasteiger partial charge on any atom is -0.377 e. The quantitative estimate of drug-likeness (QED) is 0.676. The van der Waals surface area contributed by atoms with Gasteiger partial charge in [0.2, 0.25) is 5.91 Å². The Kier molecular flexibility index (Phi) is 2.90. The highest BCUT2D eigenvalue weighted by atomic mass is 16.1. The standard InChI is InChI=1S/C10H13N5O/c11-10(16)7-15-6-9(5-14-15)13-4-8-2-1-3-12-8/h1-3,5-6,12-13H,4,7H2,(H2,11,16). The normalized spacial score (nSPS) is 10.2. The molecule has 6 heteroatoms. The SMILES string of the molecule is NC(=O)Cn1cc(NCc2ccc[nH]2)cn1. The number of carbonyl (C=O) groups excluding carboxylic acids is 1. The van der Waals surface area contributed by atoms with Crippen molar-refractivity contribution in [2.45, 2.75) is 13.1 Å². The summed E-state index contributed by atoms with van der Waals surface area (Å²) >= 11 is 0. The Morgan fingerprint density at radius 1 is 1.62 bits per heavy atom. The molecule has 2 aromatic heterocycles. The zero-order chi connectivity index (χ0) is 11.4. The topological polar surface area (TPSA) is 88.7 Å². The number of carbonyl (C=O) groups is 1. The van der Waals surface area contributed by atoms with Gasteiger partial charge < -0.3 is 16.0 Å². The summed E-state index contributed by atoms with van der Waals surface area (Å²) in [5.41, 5.74) is 7.00. The Hall–Kier alpha value is -2.24. The number of nitrogens with two attached hydrogens (primary N) is 1. The van der Waals surface area contributed by atoms with Crippen molar-refractivity contribution in [3.8, 4) is 0 Å². The summed E-state index contributed by atoms with van der Waals surface area (Å²) < 4.78 is 1.50. The molecule has 16 heavy (non-hydrogen) atoms. The molecule has 0 aliphatic carbocycles. The van der Waals surface area contributed by atoms with Crippen molar-refractivity contribution >= 4 is 11.6 Å². The molecule has 0 unspecified atom stereocenters. The first-order valence-corrected chi connectivity index (χ1v) is 4.91. The monoisotopic (exact) mass is 219 g/mol. The molecule has 0 aliphatic heterocycles. The Labute approximate surface area is 92.5 Å². The fourth-order valence-electron chi connectivity index (χ4n) is 1.38. The Morgan fingerprint density at radius 3 is 3.19 bits per heavy atom. The van der Waals surface area contributed by atoms with Gasteiger partial charge in [-0.15, -0.1) is 0 Å². The van der Waals surface area contributed by atoms with Gasteiger partial charge in [0, 0.05) is 18.1 Å². The van der Waals surface area contributed by atoms with Crippen LogP contribution in [0.2, 0.25) is 0 Å². The molecule has 4 N–H and O–H groups in total. The predicted molar refractivity (Wildman–Crippen MR) is 59.5 cm³/mol. The van der Waals surface area contributed by atoms with Crippen molar-refractivity contribution in [1.82, 2.24) is 14.8 Å². The van der Waals surface area contributed by atoms with E-state index >= 15 is 0 Å². The minimum atomic E-state index is -0.404. The number of nitrogens with zero attached hydrogens (tertiary/aromatic N) is 2. The van der Waals surface area contributed by atoms with Crippen LogP contribution in [-0.2, 0) is 17.9 Å². The fourth-order valence-corrected chi connectivity index (χ4v) is 1.38. The third-order valence-corrected chi connectivity index (χ3v) is 2.10. The molecule has 0 radical (unpaired) electrons. The van der Waals surface area contributed by atoms with Crippen LogP contribution < -0.4 is 11.1 Å². The molecule has 0 fully saturated rings. The van der Waals surface area contributed by atoms with Crippen molar-refractivity contribution in [1.29, 1.82) is 0 Å². The summed E-state index contributed by atoms with van der Waals surface area (Å²) in [5.74, 6) is -0.404. The minimum absolute atomic E-state index is 0.101. The van der Waals surface area contributed by atoms with E-state index in [1.165, 1.54) is 4.68 Å². The Balaban J connectivity index is 1.90. The second-order valence-electron chi connectivity index (χ2n) is 3.44. The second-order valence-corrected chi connectivity index (χ2v) is 3.44. The van der Waals surface area contributed by atoms with Gasteiger partial charge in [0.05, 0.1) is 18.4 Å². The van der Waals surface area contributed by atoms with Crippen LogP contribution in [0.5, 0.6) is 0 Å². The molecule has 0 atom stereocenters. The molecule has 0 saturated carbocycles. The third kappa shape index (κ3) is 2.63. The van der Waals surface area contributed by atoms with Crippen LogP contribution in [0.15, 0.2) is 30.7 Å². The Bertz CT molecular complexity index is 459. The van der Waals surface area contributed by atoms with Crippen LogP contribution in [0.4, 0.5) is 5.69 Å². The molecule has 0 saturated heterocycles. The van der Waals surface area contributed by atoms with E-state index in [1.807, 2.05) is 18.3 Å². The summed E-state index contributed by atoms with van der Waals surface area (Å²) in [6, 6.07) is 3.92. The van der Waals surface area contributed by atoms with Crippen molar-refractivity contribution in [3.05, 3.63) is 36.4 Å². The van der Waals surface area contributed by atoms with Gasteiger partial charge in [-0.1, -0.05) is 0 Å². The van der Waals surface area contributed by atoms with E-state index in [-0.39, 0.29) is 6.54 Å². The van der Waals surface area contributed by atoms with Gasteiger partial charge in [-0.2, -0.15) is 5.10 Å². The summed E-state index contributed by atoms with van der Waals surface area (Å²) in [6.07, 6.45) is 5.27. The largest absolute Gasteiger partial charge is 0.377 e. The Morgan fingerprint density at radius 2 is 2.50 bits per heavy atom. The van der Waals surface area contributed by atoms with E-state index in [0.717, 1.165) is 11.4 Å². The highest BCUT2D eigenvalue weighted by molar-refractivity contribution is 5.73. The molecule has 0 aromatic carbocycles. The van der Waals surface area contributed by atoms with Crippen molar-refractivity contribution in [3.63, 3.8) is 0 Å². The maximum atomic E-state index is 10.7. The number of hydrogen-bond acceptors (Lipinski definition) is 3. The van der Waals surface area contributed by atoms with Crippen LogP contribution in [0, 0.1) is 0 Å². The molecule has 84 valence electrons. The van der Waals surface area contributed by atoms with Crippen molar-refractivity contribution in [2.24, 2.45) is 5.73 Å². The number of nitrogens with one attached hydrogen (secondary N) is 2. The number of hydrogen-bond donors (Lipinski definition) is 3. The lowest BCUT2D eigenvalue weighted by Gasteiger charge is -2.00. The third-order valence-electron chi connectivity index (χ3n) is 2.10. The number of aromatic nitrogens is 3. The zero-order valence-corrected chi connectivity index (χ0v) is 8.68. The first-order chi connectivity index (χ1) is 7.74. The number of aromatic amines is 1. The van der Waals surface area contributed by atoms with Gasteiger partial charge in [-0.3, -0.25) is 9.48 Å². The molecule has 2 aromatic rings. The average molecular weight is 219 g/mol. The van der Waals surface area contributed by atoms with Gasteiger partial charge in [0.15, 0.2) is 0 Å². The second kappa shape index (κ2) is 4.52. The first-order valence-electron chi connectivity index (χ1n) is 4.91. The van der Waals surface area contributed by atoms with Gasteiger partial charge in [0.25, 0.3) is 0 Å². The highest BCUT2D eigenvalue weighted by Gasteiger charge is 2.01. The van der Waals surface area contributed by atoms with E-state index in [0.29, 0.717) is 6.54 Å². The van der Waals surface area contributed by atoms with E-state index in [4.69, 9.17) is 5.73 Å². The van der Waals surface area contributed by atoms with Crippen LogP contribution >= 0.6 is 0 Å². The average Bonchev–Trinajstić information content (AvgIpc) is 2.84. The smallest absolute Gasteiger partial charge is 0.239 e. The maximum Gasteiger partial charge on any atom is 0.239 e. The van der Waals surface area contributed by atoms with Gasteiger partial charge in [0.1, 0.15) is 6.54 Å². The zero-order valence-electron chi connectivity index (χ0n) is 8.68. The fraction of sp³-hybridized carbons (Fsp3) is 0.200. The lowest BCUT2D eigenvalue weighted by Crippen LogP contribution is -2.18. The summed E-state index contributed by atoms with van der Waals surface area (Å²) in [6.45, 7) is 0.791. The van der Waals surface area contributed by atoms with Crippen molar-refractivity contribution < 1.29 is 4.79 Å². The van der Waals surface area contributed by atoms with Crippen LogP contribution in [0.1, 0.15) is 5.69 Å². The van der Waals surface area contributed by atoms with Gasteiger partial charge >= 0.3 is 0 Å². The summed E-state index contributed by atoms with van der Waals surface area (Å²) in [4.78, 5) is 13.7. The number of primary amides is 1. The highest BCUT2D eigenvalue weighted by Crippen LogP contribution is 2.06. The van der Waals surface area contributed by atoms with E-state index in [2.05, 4.69) is 15.4 Å². The summed E-state index contributed by atoms with van der Waals surface area (Å²) in [7, 11) is 0. The van der Waals surface area contributed by atoms with E-state index < -0.39 is 5.91 Å². The lowest BCUT2D eigenvalue weighted by molar-refractivity contribution is -0.118. The van der Waals surface area contributed by atoms with E-state index in [9.17, 15) is 4.79 Å². The molecule has 2 rings (SSSR count). The molecule has 0 aliphatic rings. The maximum absolute atomic E-state index is 10.7. The van der Waals surface area contributed by atoms with Crippen molar-refractivity contribution in [2.75, 3.05) is 5.32 Å². The molecule has 0 spiro atoms.